The number of amides is 2. The normalized spacial score (nSPS) is 25.6. The van der Waals surface area contributed by atoms with Gasteiger partial charge in [0.2, 0.25) is 11.8 Å². The summed E-state index contributed by atoms with van der Waals surface area (Å²) >= 11 is 0. The Morgan fingerprint density at radius 3 is 2.44 bits per heavy atom. The molecule has 1 heterocycles. The van der Waals surface area contributed by atoms with Gasteiger partial charge < -0.3 is 5.11 Å². The van der Waals surface area contributed by atoms with E-state index in [0.717, 1.165) is 18.4 Å². The fourth-order valence-electron chi connectivity index (χ4n) is 2.67. The van der Waals surface area contributed by atoms with E-state index >= 15 is 0 Å². The summed E-state index contributed by atoms with van der Waals surface area (Å²) in [5.41, 5.74) is 0.296. The SMILES string of the molecule is O=C1CC(c2ccccc2)C(=O)N1C1(CO)CC1. The van der Waals surface area contributed by atoms with E-state index in [2.05, 4.69) is 0 Å². The quantitative estimate of drug-likeness (QED) is 0.810. The number of nitrogens with zero attached hydrogens (tertiary/aromatic N) is 1. The molecule has 2 amide bonds. The fraction of sp³-hybridized carbons (Fsp3) is 0.429. The second kappa shape index (κ2) is 3.92. The Morgan fingerprint density at radius 2 is 1.89 bits per heavy atom. The van der Waals surface area contributed by atoms with E-state index in [1.165, 1.54) is 4.90 Å². The van der Waals surface area contributed by atoms with Gasteiger partial charge in [-0.3, -0.25) is 14.5 Å². The van der Waals surface area contributed by atoms with E-state index in [1.807, 2.05) is 30.3 Å². The van der Waals surface area contributed by atoms with Crippen LogP contribution in [0.3, 0.4) is 0 Å². The smallest absolute Gasteiger partial charge is 0.237 e. The van der Waals surface area contributed by atoms with Gasteiger partial charge >= 0.3 is 0 Å². The van der Waals surface area contributed by atoms with Crippen LogP contribution in [0.15, 0.2) is 30.3 Å². The van der Waals surface area contributed by atoms with Crippen LogP contribution in [0.2, 0.25) is 0 Å². The van der Waals surface area contributed by atoms with Crippen LogP contribution in [0, 0.1) is 0 Å². The molecule has 18 heavy (non-hydrogen) atoms. The number of likely N-dealkylation sites (tertiary alicyclic amines) is 1. The van der Waals surface area contributed by atoms with Gasteiger partial charge in [-0.25, -0.2) is 0 Å². The van der Waals surface area contributed by atoms with Crippen molar-refractivity contribution in [1.29, 1.82) is 0 Å². The molecule has 0 radical (unpaired) electrons. The van der Waals surface area contributed by atoms with Crippen molar-refractivity contribution in [3.05, 3.63) is 35.9 Å². The van der Waals surface area contributed by atoms with Crippen LogP contribution < -0.4 is 0 Å². The lowest BCUT2D eigenvalue weighted by Gasteiger charge is -2.24. The first kappa shape index (κ1) is 11.4. The summed E-state index contributed by atoms with van der Waals surface area (Å²) in [6, 6.07) is 9.37. The van der Waals surface area contributed by atoms with Crippen molar-refractivity contribution in [1.82, 2.24) is 4.90 Å². The van der Waals surface area contributed by atoms with Gasteiger partial charge in [-0.05, 0) is 18.4 Å². The highest BCUT2D eigenvalue weighted by Crippen LogP contribution is 2.46. The number of benzene rings is 1. The first-order valence-electron chi connectivity index (χ1n) is 6.21. The highest BCUT2D eigenvalue weighted by Gasteiger charge is 2.56. The maximum atomic E-state index is 12.4. The molecule has 0 spiro atoms. The Balaban J connectivity index is 1.90. The Labute approximate surface area is 105 Å². The van der Waals surface area contributed by atoms with Crippen LogP contribution in [-0.2, 0) is 9.59 Å². The third kappa shape index (κ3) is 1.56. The zero-order valence-corrected chi connectivity index (χ0v) is 10.0. The van der Waals surface area contributed by atoms with Crippen molar-refractivity contribution >= 4 is 11.8 Å². The minimum absolute atomic E-state index is 0.119. The second-order valence-electron chi connectivity index (χ2n) is 5.12. The van der Waals surface area contributed by atoms with Crippen molar-refractivity contribution in [3.63, 3.8) is 0 Å². The summed E-state index contributed by atoms with van der Waals surface area (Å²) in [6.07, 6.45) is 1.68. The molecule has 2 aliphatic rings. The largest absolute Gasteiger partial charge is 0.394 e. The lowest BCUT2D eigenvalue weighted by molar-refractivity contribution is -0.143. The predicted molar refractivity (Wildman–Crippen MR) is 64.7 cm³/mol. The maximum Gasteiger partial charge on any atom is 0.237 e. The Hall–Kier alpha value is -1.68. The summed E-state index contributed by atoms with van der Waals surface area (Å²) in [6.45, 7) is -0.119. The van der Waals surface area contributed by atoms with E-state index in [9.17, 15) is 14.7 Å². The molecule has 1 aliphatic heterocycles. The third-order valence-electron chi connectivity index (χ3n) is 3.94. The van der Waals surface area contributed by atoms with Gasteiger partial charge in [0.1, 0.15) is 0 Å². The van der Waals surface area contributed by atoms with Crippen molar-refractivity contribution in [3.8, 4) is 0 Å². The lowest BCUT2D eigenvalue weighted by atomic mass is 9.98. The van der Waals surface area contributed by atoms with Gasteiger partial charge in [-0.15, -0.1) is 0 Å². The highest BCUT2D eigenvalue weighted by molar-refractivity contribution is 6.07. The summed E-state index contributed by atoms with van der Waals surface area (Å²) in [5, 5.41) is 9.36. The van der Waals surface area contributed by atoms with Gasteiger partial charge in [-0.2, -0.15) is 0 Å². The van der Waals surface area contributed by atoms with Crippen molar-refractivity contribution in [2.75, 3.05) is 6.61 Å². The molecular formula is C14H15NO3. The zero-order valence-electron chi connectivity index (χ0n) is 10.0. The predicted octanol–water partition coefficient (Wildman–Crippen LogP) is 1.05. The molecule has 4 nitrogen and oxygen atoms in total. The monoisotopic (exact) mass is 245 g/mol. The first-order valence-corrected chi connectivity index (χ1v) is 6.21. The van der Waals surface area contributed by atoms with Crippen LogP contribution in [0.25, 0.3) is 0 Å². The van der Waals surface area contributed by atoms with Gasteiger partial charge in [0.15, 0.2) is 0 Å². The average Bonchev–Trinajstić information content (AvgIpc) is 3.12. The standard InChI is InChI=1S/C14H15NO3/c16-9-14(6-7-14)15-12(17)8-11(13(15)18)10-4-2-1-3-5-10/h1-5,11,16H,6-9H2. The molecule has 0 aromatic heterocycles. The van der Waals surface area contributed by atoms with Crippen LogP contribution in [0.1, 0.15) is 30.7 Å². The second-order valence-corrected chi connectivity index (χ2v) is 5.12. The Bertz CT molecular complexity index is 493. The maximum absolute atomic E-state index is 12.4. The number of aliphatic hydroxyl groups excluding tert-OH is 1. The molecule has 0 bridgehead atoms. The molecular weight excluding hydrogens is 230 g/mol. The van der Waals surface area contributed by atoms with Crippen LogP contribution in [-0.4, -0.2) is 34.0 Å². The fourth-order valence-corrected chi connectivity index (χ4v) is 2.67. The van der Waals surface area contributed by atoms with E-state index in [4.69, 9.17) is 0 Å². The Kier molecular flexibility index (Phi) is 2.48. The Morgan fingerprint density at radius 1 is 1.22 bits per heavy atom. The number of carbonyl (C=O) groups excluding carboxylic acids is 2. The summed E-state index contributed by atoms with van der Waals surface area (Å²) in [5.74, 6) is -0.680. The van der Waals surface area contributed by atoms with Gasteiger partial charge in [0, 0.05) is 6.42 Å². The molecule has 3 rings (SSSR count). The van der Waals surface area contributed by atoms with Gasteiger partial charge in [-0.1, -0.05) is 30.3 Å². The minimum atomic E-state index is -0.586. The minimum Gasteiger partial charge on any atom is -0.394 e. The van der Waals surface area contributed by atoms with Crippen molar-refractivity contribution in [2.45, 2.75) is 30.7 Å². The average molecular weight is 245 g/mol. The lowest BCUT2D eigenvalue weighted by Crippen LogP contribution is -2.44. The number of aliphatic hydroxyl groups is 1. The molecule has 1 saturated heterocycles. The number of hydrogen-bond donors (Lipinski definition) is 1. The van der Waals surface area contributed by atoms with Gasteiger partial charge in [0.05, 0.1) is 18.1 Å². The first-order chi connectivity index (χ1) is 8.68. The van der Waals surface area contributed by atoms with Crippen LogP contribution in [0.5, 0.6) is 0 Å². The van der Waals surface area contributed by atoms with E-state index in [1.54, 1.807) is 0 Å². The molecule has 1 aromatic carbocycles. The van der Waals surface area contributed by atoms with E-state index in [-0.39, 0.29) is 30.8 Å². The highest BCUT2D eigenvalue weighted by atomic mass is 16.3. The number of rotatable bonds is 3. The van der Waals surface area contributed by atoms with Crippen molar-refractivity contribution in [2.24, 2.45) is 0 Å². The third-order valence-corrected chi connectivity index (χ3v) is 3.94. The molecule has 1 aromatic rings. The number of imide groups is 1. The molecule has 2 fully saturated rings. The van der Waals surface area contributed by atoms with Gasteiger partial charge in [0.25, 0.3) is 0 Å². The van der Waals surface area contributed by atoms with Crippen LogP contribution in [0.4, 0.5) is 0 Å². The topological polar surface area (TPSA) is 57.6 Å². The van der Waals surface area contributed by atoms with E-state index < -0.39 is 5.54 Å². The summed E-state index contributed by atoms with van der Waals surface area (Å²) in [7, 11) is 0. The molecule has 1 saturated carbocycles. The molecule has 4 heteroatoms. The zero-order chi connectivity index (χ0) is 12.8. The molecule has 1 atom stereocenters. The van der Waals surface area contributed by atoms with Crippen molar-refractivity contribution < 1.29 is 14.7 Å². The van der Waals surface area contributed by atoms with Crippen LogP contribution >= 0.6 is 0 Å². The number of carbonyl (C=O) groups is 2. The molecule has 1 aliphatic carbocycles. The number of hydrogen-bond acceptors (Lipinski definition) is 3. The molecule has 1 unspecified atom stereocenters. The molecule has 1 N–H and O–H groups in total. The summed E-state index contributed by atoms with van der Waals surface area (Å²) < 4.78 is 0. The molecule has 94 valence electrons. The summed E-state index contributed by atoms with van der Waals surface area (Å²) in [4.78, 5) is 25.7. The van der Waals surface area contributed by atoms with E-state index in [0.29, 0.717) is 0 Å².